The highest BCUT2D eigenvalue weighted by molar-refractivity contribution is 4.93. The van der Waals surface area contributed by atoms with Crippen molar-refractivity contribution >= 4 is 0 Å². The van der Waals surface area contributed by atoms with Gasteiger partial charge in [0, 0.05) is 31.1 Å². The molecule has 1 rings (SSSR count). The Morgan fingerprint density at radius 3 is 1.92 bits per heavy atom. The Morgan fingerprint density at radius 2 is 1.58 bits per heavy atom. The summed E-state index contributed by atoms with van der Waals surface area (Å²) in [7, 11) is 0. The molecular formula is C10H17NO. The van der Waals surface area contributed by atoms with Crippen LogP contribution in [0, 0.1) is 0 Å². The lowest BCUT2D eigenvalue weighted by molar-refractivity contribution is 0.754. The molecule has 1 aromatic rings. The maximum absolute atomic E-state index is 10.5. The molecule has 0 saturated heterocycles. The lowest BCUT2D eigenvalue weighted by Gasteiger charge is -1.96. The SMILES string of the molecule is CCC.CCn1ccc(=O)cc1. The van der Waals surface area contributed by atoms with Crippen molar-refractivity contribution in [2.45, 2.75) is 33.7 Å². The molecule has 0 unspecified atom stereocenters. The van der Waals surface area contributed by atoms with Crippen LogP contribution in [0.1, 0.15) is 27.2 Å². The molecule has 1 heterocycles. The van der Waals surface area contributed by atoms with E-state index < -0.39 is 0 Å². The van der Waals surface area contributed by atoms with E-state index in [0.717, 1.165) is 6.54 Å². The first kappa shape index (κ1) is 11.0. The molecule has 68 valence electrons. The minimum absolute atomic E-state index is 0.0692. The van der Waals surface area contributed by atoms with Gasteiger partial charge in [-0.05, 0) is 6.92 Å². The van der Waals surface area contributed by atoms with Crippen LogP contribution in [0.2, 0.25) is 0 Å². The van der Waals surface area contributed by atoms with E-state index in [1.165, 1.54) is 6.42 Å². The molecule has 0 aromatic carbocycles. The van der Waals surface area contributed by atoms with Gasteiger partial charge < -0.3 is 4.57 Å². The predicted octanol–water partition coefficient (Wildman–Crippen LogP) is 2.28. The fraction of sp³-hybridized carbons (Fsp3) is 0.500. The molecule has 1 aromatic heterocycles. The maximum Gasteiger partial charge on any atom is 0.181 e. The topological polar surface area (TPSA) is 22.0 Å². The molecule has 2 heteroatoms. The zero-order chi connectivity index (χ0) is 9.40. The number of nitrogens with zero attached hydrogens (tertiary/aromatic N) is 1. The standard InChI is InChI=1S/C7H9NO.C3H8/c1-2-8-5-3-7(9)4-6-8;1-3-2/h3-6H,2H2,1H3;3H2,1-2H3. The van der Waals surface area contributed by atoms with Crippen LogP contribution in [0.15, 0.2) is 29.3 Å². The first-order valence-corrected chi connectivity index (χ1v) is 4.40. The van der Waals surface area contributed by atoms with Gasteiger partial charge in [0.25, 0.3) is 0 Å². The second kappa shape index (κ2) is 6.65. The second-order valence-electron chi connectivity index (χ2n) is 2.57. The summed E-state index contributed by atoms with van der Waals surface area (Å²) in [5.41, 5.74) is 0.0692. The Labute approximate surface area is 73.9 Å². The Balaban J connectivity index is 0.000000354. The van der Waals surface area contributed by atoms with Crippen LogP contribution >= 0.6 is 0 Å². The van der Waals surface area contributed by atoms with Gasteiger partial charge in [0.05, 0.1) is 0 Å². The van der Waals surface area contributed by atoms with E-state index in [2.05, 4.69) is 13.8 Å². The van der Waals surface area contributed by atoms with Crippen molar-refractivity contribution < 1.29 is 0 Å². The molecule has 0 saturated carbocycles. The van der Waals surface area contributed by atoms with Crippen molar-refractivity contribution in [3.05, 3.63) is 34.7 Å². The molecule has 0 fully saturated rings. The molecule has 0 atom stereocenters. The number of rotatable bonds is 1. The highest BCUT2D eigenvalue weighted by Crippen LogP contribution is 1.80. The van der Waals surface area contributed by atoms with Gasteiger partial charge in [0.2, 0.25) is 0 Å². The Hall–Kier alpha value is -1.05. The fourth-order valence-electron chi connectivity index (χ4n) is 0.654. The average Bonchev–Trinajstić information content (AvgIpc) is 2.07. The van der Waals surface area contributed by atoms with E-state index in [1.54, 1.807) is 24.5 Å². The number of hydrogen-bond acceptors (Lipinski definition) is 1. The van der Waals surface area contributed by atoms with Crippen molar-refractivity contribution in [2.75, 3.05) is 0 Å². The van der Waals surface area contributed by atoms with E-state index in [1.807, 2.05) is 11.5 Å². The van der Waals surface area contributed by atoms with E-state index >= 15 is 0 Å². The highest BCUT2D eigenvalue weighted by Gasteiger charge is 1.80. The molecule has 0 aliphatic rings. The number of hydrogen-bond donors (Lipinski definition) is 0. The van der Waals surface area contributed by atoms with Crippen molar-refractivity contribution in [3.63, 3.8) is 0 Å². The number of aryl methyl sites for hydroxylation is 1. The van der Waals surface area contributed by atoms with Crippen LogP contribution in [0.4, 0.5) is 0 Å². The minimum Gasteiger partial charge on any atom is -0.354 e. The monoisotopic (exact) mass is 167 g/mol. The lowest BCUT2D eigenvalue weighted by Crippen LogP contribution is -2.01. The molecule has 12 heavy (non-hydrogen) atoms. The third-order valence-electron chi connectivity index (χ3n) is 1.23. The van der Waals surface area contributed by atoms with E-state index in [-0.39, 0.29) is 5.43 Å². The maximum atomic E-state index is 10.5. The summed E-state index contributed by atoms with van der Waals surface area (Å²) < 4.78 is 1.95. The Morgan fingerprint density at radius 1 is 1.17 bits per heavy atom. The van der Waals surface area contributed by atoms with Gasteiger partial charge >= 0.3 is 0 Å². The quantitative estimate of drug-likeness (QED) is 0.629. The van der Waals surface area contributed by atoms with Gasteiger partial charge in [-0.15, -0.1) is 0 Å². The fourth-order valence-corrected chi connectivity index (χ4v) is 0.654. The van der Waals surface area contributed by atoms with Crippen molar-refractivity contribution in [3.8, 4) is 0 Å². The zero-order valence-corrected chi connectivity index (χ0v) is 8.08. The smallest absolute Gasteiger partial charge is 0.181 e. The summed E-state index contributed by atoms with van der Waals surface area (Å²) in [5, 5.41) is 0. The summed E-state index contributed by atoms with van der Waals surface area (Å²) in [5.74, 6) is 0. The first-order chi connectivity index (χ1) is 5.74. The number of pyridine rings is 1. The van der Waals surface area contributed by atoms with Crippen LogP contribution in [0.25, 0.3) is 0 Å². The molecule has 0 radical (unpaired) electrons. The van der Waals surface area contributed by atoms with E-state index in [9.17, 15) is 4.79 Å². The van der Waals surface area contributed by atoms with Gasteiger partial charge in [0.1, 0.15) is 0 Å². The van der Waals surface area contributed by atoms with Crippen LogP contribution in [-0.2, 0) is 6.54 Å². The number of aromatic nitrogens is 1. The largest absolute Gasteiger partial charge is 0.354 e. The van der Waals surface area contributed by atoms with Crippen molar-refractivity contribution in [2.24, 2.45) is 0 Å². The summed E-state index contributed by atoms with van der Waals surface area (Å²) in [4.78, 5) is 10.5. The molecule has 0 bridgehead atoms. The summed E-state index contributed by atoms with van der Waals surface area (Å²) in [6.45, 7) is 7.20. The highest BCUT2D eigenvalue weighted by atomic mass is 16.1. The summed E-state index contributed by atoms with van der Waals surface area (Å²) in [6, 6.07) is 3.12. The second-order valence-corrected chi connectivity index (χ2v) is 2.57. The summed E-state index contributed by atoms with van der Waals surface area (Å²) >= 11 is 0. The van der Waals surface area contributed by atoms with Gasteiger partial charge in [0.15, 0.2) is 5.43 Å². The Bertz CT molecular complexity index is 232. The van der Waals surface area contributed by atoms with Gasteiger partial charge in [-0.3, -0.25) is 4.79 Å². The minimum atomic E-state index is 0.0692. The molecule has 0 spiro atoms. The lowest BCUT2D eigenvalue weighted by atomic mass is 10.5. The van der Waals surface area contributed by atoms with Crippen LogP contribution < -0.4 is 5.43 Å². The van der Waals surface area contributed by atoms with Gasteiger partial charge in [-0.25, -0.2) is 0 Å². The van der Waals surface area contributed by atoms with E-state index in [0.29, 0.717) is 0 Å². The molecular weight excluding hydrogens is 150 g/mol. The molecule has 0 amide bonds. The third-order valence-corrected chi connectivity index (χ3v) is 1.23. The van der Waals surface area contributed by atoms with Crippen molar-refractivity contribution in [1.29, 1.82) is 0 Å². The zero-order valence-electron chi connectivity index (χ0n) is 8.08. The predicted molar refractivity (Wildman–Crippen MR) is 52.3 cm³/mol. The molecule has 2 nitrogen and oxygen atoms in total. The van der Waals surface area contributed by atoms with Crippen LogP contribution in [-0.4, -0.2) is 4.57 Å². The normalized spacial score (nSPS) is 8.58. The molecule has 0 N–H and O–H groups in total. The van der Waals surface area contributed by atoms with E-state index in [4.69, 9.17) is 0 Å². The Kier molecular flexibility index (Phi) is 6.07. The average molecular weight is 167 g/mol. The van der Waals surface area contributed by atoms with Gasteiger partial charge in [-0.1, -0.05) is 20.3 Å². The van der Waals surface area contributed by atoms with Gasteiger partial charge in [-0.2, -0.15) is 0 Å². The first-order valence-electron chi connectivity index (χ1n) is 4.40. The molecule has 0 aliphatic heterocycles. The molecule has 0 aliphatic carbocycles. The summed E-state index contributed by atoms with van der Waals surface area (Å²) in [6.07, 6.45) is 4.81. The van der Waals surface area contributed by atoms with Crippen molar-refractivity contribution in [1.82, 2.24) is 4.57 Å². The third kappa shape index (κ3) is 4.72. The van der Waals surface area contributed by atoms with Crippen LogP contribution in [0.5, 0.6) is 0 Å². The van der Waals surface area contributed by atoms with Crippen LogP contribution in [0.3, 0.4) is 0 Å².